The van der Waals surface area contributed by atoms with Crippen LogP contribution in [0.5, 0.6) is 0 Å². The molecule has 2 N–H and O–H groups in total. The third kappa shape index (κ3) is 3.58. The second-order valence-corrected chi connectivity index (χ2v) is 5.62. The number of esters is 1. The average molecular weight is 312 g/mol. The highest BCUT2D eigenvalue weighted by Crippen LogP contribution is 2.23. The van der Waals surface area contributed by atoms with E-state index in [2.05, 4.69) is 25.0 Å². The van der Waals surface area contributed by atoms with E-state index in [9.17, 15) is 9.59 Å². The van der Waals surface area contributed by atoms with Gasteiger partial charge in [0, 0.05) is 12.4 Å². The molecule has 0 saturated heterocycles. The van der Waals surface area contributed by atoms with Gasteiger partial charge >= 0.3 is 5.97 Å². The van der Waals surface area contributed by atoms with Crippen molar-refractivity contribution in [2.75, 3.05) is 18.2 Å². The summed E-state index contributed by atoms with van der Waals surface area (Å²) in [6.45, 7) is 1.69. The van der Waals surface area contributed by atoms with Gasteiger partial charge < -0.3 is 15.0 Å². The van der Waals surface area contributed by atoms with E-state index in [1.807, 2.05) is 0 Å². The van der Waals surface area contributed by atoms with E-state index in [1.54, 1.807) is 19.3 Å². The molecule has 0 radical (unpaired) electrons. The Kier molecular flexibility index (Phi) is 4.74. The molecule has 0 aliphatic carbocycles. The number of anilines is 1. The largest absolute Gasteiger partial charge is 0.465 e. The molecule has 0 fully saturated rings. The van der Waals surface area contributed by atoms with E-state index < -0.39 is 5.97 Å². The molecule has 2 rings (SSSR count). The number of hydrogen-bond donors (Lipinski definition) is 2. The van der Waals surface area contributed by atoms with Gasteiger partial charge in [-0.1, -0.05) is 23.1 Å². The molecule has 106 valence electrons. The van der Waals surface area contributed by atoms with Crippen molar-refractivity contribution in [3.05, 3.63) is 23.0 Å². The molecule has 2 aromatic heterocycles. The van der Waals surface area contributed by atoms with Crippen LogP contribution in [0.25, 0.3) is 0 Å². The summed E-state index contributed by atoms with van der Waals surface area (Å²) in [5.74, 6) is -0.457. The summed E-state index contributed by atoms with van der Waals surface area (Å²) in [6, 6.07) is 0. The zero-order chi connectivity index (χ0) is 14.5. The van der Waals surface area contributed by atoms with Gasteiger partial charge in [-0.25, -0.2) is 14.8 Å². The third-order valence-corrected chi connectivity index (χ3v) is 4.18. The molecule has 0 aromatic carbocycles. The van der Waals surface area contributed by atoms with Crippen LogP contribution in [-0.4, -0.2) is 39.7 Å². The summed E-state index contributed by atoms with van der Waals surface area (Å²) in [6.07, 6.45) is 3.31. The molecule has 0 saturated carbocycles. The smallest absolute Gasteiger partial charge is 0.350 e. The molecule has 0 aliphatic rings. The van der Waals surface area contributed by atoms with Gasteiger partial charge in [-0.05, 0) is 6.92 Å². The van der Waals surface area contributed by atoms with Gasteiger partial charge in [0.15, 0.2) is 10.3 Å². The zero-order valence-corrected chi connectivity index (χ0v) is 12.4. The van der Waals surface area contributed by atoms with Gasteiger partial charge in [-0.15, -0.1) is 0 Å². The maximum atomic E-state index is 11.7. The normalized spacial score (nSPS) is 10.3. The number of thiazole rings is 1. The summed E-state index contributed by atoms with van der Waals surface area (Å²) in [5.41, 5.74) is 0.538. The summed E-state index contributed by atoms with van der Waals surface area (Å²) >= 11 is 2.38. The van der Waals surface area contributed by atoms with Crippen LogP contribution >= 0.6 is 23.1 Å². The first-order valence-corrected chi connectivity index (χ1v) is 7.38. The van der Waals surface area contributed by atoms with Gasteiger partial charge in [0.05, 0.1) is 18.6 Å². The number of thioether (sulfide) groups is 1. The van der Waals surface area contributed by atoms with Crippen molar-refractivity contribution >= 4 is 40.1 Å². The van der Waals surface area contributed by atoms with Gasteiger partial charge in [0.2, 0.25) is 5.91 Å². The minimum Gasteiger partial charge on any atom is -0.465 e. The Morgan fingerprint density at radius 3 is 3.00 bits per heavy atom. The molecule has 7 nitrogen and oxygen atoms in total. The molecular formula is C11H12N4O3S2. The van der Waals surface area contributed by atoms with Crippen molar-refractivity contribution in [3.63, 3.8) is 0 Å². The number of rotatable bonds is 5. The van der Waals surface area contributed by atoms with Crippen LogP contribution < -0.4 is 5.32 Å². The molecule has 0 bridgehead atoms. The van der Waals surface area contributed by atoms with Crippen molar-refractivity contribution in [3.8, 4) is 0 Å². The number of methoxy groups -OCH3 is 1. The number of ether oxygens (including phenoxy) is 1. The third-order valence-electron chi connectivity index (χ3n) is 2.23. The lowest BCUT2D eigenvalue weighted by Gasteiger charge is -1.99. The molecule has 0 atom stereocenters. The minimum absolute atomic E-state index is 0.208. The number of carbonyl (C=O) groups is 2. The highest BCUT2D eigenvalue weighted by molar-refractivity contribution is 7.99. The Labute approximate surface area is 123 Å². The van der Waals surface area contributed by atoms with E-state index in [-0.39, 0.29) is 11.7 Å². The summed E-state index contributed by atoms with van der Waals surface area (Å²) in [7, 11) is 1.31. The lowest BCUT2D eigenvalue weighted by molar-refractivity contribution is -0.113. The molecule has 2 aromatic rings. The number of hydrogen-bond acceptors (Lipinski definition) is 7. The quantitative estimate of drug-likeness (QED) is 0.644. The summed E-state index contributed by atoms with van der Waals surface area (Å²) in [5, 5.41) is 3.70. The second kappa shape index (κ2) is 6.53. The molecule has 0 aliphatic heterocycles. The number of carbonyl (C=O) groups excluding carboxylic acids is 2. The fraction of sp³-hybridized carbons (Fsp3) is 0.273. The summed E-state index contributed by atoms with van der Waals surface area (Å²) in [4.78, 5) is 34.6. The molecule has 2 heterocycles. The maximum absolute atomic E-state index is 11.7. The number of imidazole rings is 1. The van der Waals surface area contributed by atoms with Crippen LogP contribution in [0.1, 0.15) is 15.4 Å². The minimum atomic E-state index is -0.453. The van der Waals surface area contributed by atoms with E-state index >= 15 is 0 Å². The number of aromatic nitrogens is 3. The number of H-pyrrole nitrogens is 1. The van der Waals surface area contributed by atoms with E-state index in [0.29, 0.717) is 20.9 Å². The lowest BCUT2D eigenvalue weighted by Crippen LogP contribution is -2.13. The monoisotopic (exact) mass is 312 g/mol. The Balaban J connectivity index is 1.92. The van der Waals surface area contributed by atoms with Gasteiger partial charge in [0.25, 0.3) is 0 Å². The van der Waals surface area contributed by atoms with Crippen LogP contribution in [0.15, 0.2) is 17.6 Å². The van der Waals surface area contributed by atoms with Crippen molar-refractivity contribution in [1.29, 1.82) is 0 Å². The summed E-state index contributed by atoms with van der Waals surface area (Å²) < 4.78 is 4.63. The van der Waals surface area contributed by atoms with Crippen molar-refractivity contribution in [2.45, 2.75) is 12.1 Å². The zero-order valence-electron chi connectivity index (χ0n) is 10.8. The first kappa shape index (κ1) is 14.5. The average Bonchev–Trinajstić information content (AvgIpc) is 3.05. The molecule has 20 heavy (non-hydrogen) atoms. The van der Waals surface area contributed by atoms with E-state index in [1.165, 1.54) is 18.9 Å². The van der Waals surface area contributed by atoms with E-state index in [0.717, 1.165) is 11.3 Å². The predicted octanol–water partition coefficient (Wildman–Crippen LogP) is 1.69. The first-order valence-electron chi connectivity index (χ1n) is 5.58. The maximum Gasteiger partial charge on any atom is 0.350 e. The number of aryl methyl sites for hydroxylation is 1. The van der Waals surface area contributed by atoms with Gasteiger partial charge in [-0.2, -0.15) is 0 Å². The van der Waals surface area contributed by atoms with Crippen LogP contribution in [0.4, 0.5) is 5.13 Å². The Hall–Kier alpha value is -1.87. The molecule has 0 spiro atoms. The van der Waals surface area contributed by atoms with Gasteiger partial charge in [-0.3, -0.25) is 4.79 Å². The van der Waals surface area contributed by atoms with Crippen molar-refractivity contribution in [2.24, 2.45) is 0 Å². The number of amides is 1. The Morgan fingerprint density at radius 1 is 1.55 bits per heavy atom. The molecule has 1 amide bonds. The number of aromatic amines is 1. The van der Waals surface area contributed by atoms with E-state index in [4.69, 9.17) is 0 Å². The standard InChI is InChI=1S/C11H12N4O3S2/c1-6-8(9(17)18-2)20-11(14-6)15-7(16)5-19-10-12-3-4-13-10/h3-4H,5H2,1-2H3,(H,12,13)(H,14,15,16). The Bertz CT molecular complexity index is 609. The number of nitrogens with zero attached hydrogens (tertiary/aromatic N) is 2. The fourth-order valence-electron chi connectivity index (χ4n) is 1.35. The Morgan fingerprint density at radius 2 is 2.35 bits per heavy atom. The first-order chi connectivity index (χ1) is 9.60. The second-order valence-electron chi connectivity index (χ2n) is 3.66. The predicted molar refractivity (Wildman–Crippen MR) is 76.1 cm³/mol. The SMILES string of the molecule is COC(=O)c1sc(NC(=O)CSc2ncc[nH]2)nc1C. The van der Waals surface area contributed by atoms with Crippen LogP contribution in [-0.2, 0) is 9.53 Å². The van der Waals surface area contributed by atoms with Crippen molar-refractivity contribution in [1.82, 2.24) is 15.0 Å². The lowest BCUT2D eigenvalue weighted by atomic mass is 10.4. The van der Waals surface area contributed by atoms with Crippen LogP contribution in [0, 0.1) is 6.92 Å². The highest BCUT2D eigenvalue weighted by atomic mass is 32.2. The van der Waals surface area contributed by atoms with Crippen molar-refractivity contribution < 1.29 is 14.3 Å². The molecule has 0 unspecified atom stereocenters. The number of nitrogens with one attached hydrogen (secondary N) is 2. The van der Waals surface area contributed by atoms with Gasteiger partial charge in [0.1, 0.15) is 4.88 Å². The van der Waals surface area contributed by atoms with Crippen LogP contribution in [0.3, 0.4) is 0 Å². The molecular weight excluding hydrogens is 300 g/mol. The van der Waals surface area contributed by atoms with Crippen LogP contribution in [0.2, 0.25) is 0 Å². The topological polar surface area (TPSA) is 97.0 Å². The highest BCUT2D eigenvalue weighted by Gasteiger charge is 2.16. The molecule has 9 heteroatoms. The fourth-order valence-corrected chi connectivity index (χ4v) is 2.88.